The second-order valence-electron chi connectivity index (χ2n) is 4.64. The zero-order chi connectivity index (χ0) is 13.8. The van der Waals surface area contributed by atoms with Gasteiger partial charge in [-0.3, -0.25) is 4.79 Å². The fraction of sp³-hybridized carbons (Fsp3) is 0.462. The molecule has 1 amide bonds. The Kier molecular flexibility index (Phi) is 4.31. The van der Waals surface area contributed by atoms with E-state index in [4.69, 9.17) is 5.11 Å². The minimum Gasteiger partial charge on any atom is -0.476 e. The van der Waals surface area contributed by atoms with Gasteiger partial charge in [0.05, 0.1) is 6.04 Å². The summed E-state index contributed by atoms with van der Waals surface area (Å²) >= 11 is 1.25. The molecule has 2 N–H and O–H groups in total. The molecular weight excluding hydrogens is 264 g/mol. The molecule has 0 saturated carbocycles. The molecular formula is C13H16N2O3S. The van der Waals surface area contributed by atoms with E-state index in [0.29, 0.717) is 17.3 Å². The standard InChI is InChI=1S/C13H16N2O3S/c1-8(12-15-10(7-19-12)13(17)18)14-11(16)6-9-4-2-3-5-9/h2,4,7-9H,3,5-6H2,1H3,(H,14,16)(H,17,18). The number of carboxylic acids is 1. The average molecular weight is 280 g/mol. The Hall–Kier alpha value is -1.69. The Morgan fingerprint density at radius 3 is 3.00 bits per heavy atom. The minimum atomic E-state index is -1.04. The van der Waals surface area contributed by atoms with Crippen molar-refractivity contribution in [1.82, 2.24) is 10.3 Å². The van der Waals surface area contributed by atoms with Gasteiger partial charge in [-0.05, 0) is 25.7 Å². The van der Waals surface area contributed by atoms with Gasteiger partial charge in [-0.1, -0.05) is 12.2 Å². The molecule has 0 bridgehead atoms. The SMILES string of the molecule is CC(NC(=O)CC1C=CCC1)c1nc(C(=O)O)cs1. The number of rotatable bonds is 5. The van der Waals surface area contributed by atoms with Crippen molar-refractivity contribution < 1.29 is 14.7 Å². The lowest BCUT2D eigenvalue weighted by Crippen LogP contribution is -2.27. The second kappa shape index (κ2) is 5.97. The number of thiazole rings is 1. The van der Waals surface area contributed by atoms with Gasteiger partial charge >= 0.3 is 5.97 Å². The molecule has 0 fully saturated rings. The van der Waals surface area contributed by atoms with Crippen molar-refractivity contribution >= 4 is 23.2 Å². The maximum atomic E-state index is 11.8. The number of hydrogen-bond donors (Lipinski definition) is 2. The van der Waals surface area contributed by atoms with Crippen LogP contribution in [0.2, 0.25) is 0 Å². The highest BCUT2D eigenvalue weighted by molar-refractivity contribution is 7.09. The van der Waals surface area contributed by atoms with E-state index in [-0.39, 0.29) is 17.6 Å². The highest BCUT2D eigenvalue weighted by Gasteiger charge is 2.18. The molecule has 2 atom stereocenters. The monoisotopic (exact) mass is 280 g/mol. The number of carboxylic acid groups (broad SMARTS) is 1. The van der Waals surface area contributed by atoms with Gasteiger partial charge < -0.3 is 10.4 Å². The highest BCUT2D eigenvalue weighted by Crippen LogP contribution is 2.22. The summed E-state index contributed by atoms with van der Waals surface area (Å²) in [6.07, 6.45) is 6.74. The smallest absolute Gasteiger partial charge is 0.355 e. The van der Waals surface area contributed by atoms with Crippen molar-refractivity contribution in [2.75, 3.05) is 0 Å². The average Bonchev–Trinajstić information content (AvgIpc) is 2.98. The largest absolute Gasteiger partial charge is 0.476 e. The maximum absolute atomic E-state index is 11.8. The molecule has 102 valence electrons. The fourth-order valence-electron chi connectivity index (χ4n) is 2.05. The van der Waals surface area contributed by atoms with E-state index in [1.54, 1.807) is 0 Å². The highest BCUT2D eigenvalue weighted by atomic mass is 32.1. The lowest BCUT2D eigenvalue weighted by molar-refractivity contribution is -0.122. The summed E-state index contributed by atoms with van der Waals surface area (Å²) < 4.78 is 0. The van der Waals surface area contributed by atoms with Crippen LogP contribution in [-0.4, -0.2) is 22.0 Å². The van der Waals surface area contributed by atoms with Crippen molar-refractivity contribution in [2.45, 2.75) is 32.2 Å². The molecule has 0 spiro atoms. The van der Waals surface area contributed by atoms with Gasteiger partial charge in [0.1, 0.15) is 5.01 Å². The summed E-state index contributed by atoms with van der Waals surface area (Å²) in [4.78, 5) is 26.6. The van der Waals surface area contributed by atoms with Crippen molar-refractivity contribution in [3.8, 4) is 0 Å². The first-order chi connectivity index (χ1) is 9.06. The van der Waals surface area contributed by atoms with E-state index in [2.05, 4.69) is 22.5 Å². The van der Waals surface area contributed by atoms with Gasteiger partial charge in [0, 0.05) is 11.8 Å². The number of carbonyl (C=O) groups is 2. The van der Waals surface area contributed by atoms with Gasteiger partial charge in [-0.2, -0.15) is 0 Å². The summed E-state index contributed by atoms with van der Waals surface area (Å²) in [6.45, 7) is 1.81. The first kappa shape index (κ1) is 13.7. The van der Waals surface area contributed by atoms with E-state index >= 15 is 0 Å². The molecule has 0 aliphatic heterocycles. The Bertz CT molecular complexity index is 510. The maximum Gasteiger partial charge on any atom is 0.355 e. The van der Waals surface area contributed by atoms with Crippen LogP contribution in [0.5, 0.6) is 0 Å². The number of amides is 1. The Balaban J connectivity index is 1.88. The van der Waals surface area contributed by atoms with Crippen LogP contribution in [0, 0.1) is 5.92 Å². The van der Waals surface area contributed by atoms with Crippen LogP contribution in [0.4, 0.5) is 0 Å². The summed E-state index contributed by atoms with van der Waals surface area (Å²) in [5.41, 5.74) is 0.0276. The molecule has 1 aliphatic rings. The van der Waals surface area contributed by atoms with E-state index in [1.165, 1.54) is 16.7 Å². The quantitative estimate of drug-likeness (QED) is 0.812. The molecule has 1 aromatic rings. The van der Waals surface area contributed by atoms with Crippen LogP contribution in [0.25, 0.3) is 0 Å². The van der Waals surface area contributed by atoms with Crippen molar-refractivity contribution in [2.24, 2.45) is 5.92 Å². The number of aromatic carboxylic acids is 1. The third-order valence-electron chi connectivity index (χ3n) is 3.05. The van der Waals surface area contributed by atoms with E-state index in [9.17, 15) is 9.59 Å². The number of hydrogen-bond acceptors (Lipinski definition) is 4. The molecule has 0 aromatic carbocycles. The van der Waals surface area contributed by atoms with Gasteiger partial charge in [0.2, 0.25) is 5.91 Å². The third-order valence-corrected chi connectivity index (χ3v) is 4.08. The third kappa shape index (κ3) is 3.64. The van der Waals surface area contributed by atoms with Gasteiger partial charge in [0.25, 0.3) is 0 Å². The number of nitrogens with zero attached hydrogens (tertiary/aromatic N) is 1. The van der Waals surface area contributed by atoms with Crippen molar-refractivity contribution in [3.05, 3.63) is 28.2 Å². The minimum absolute atomic E-state index is 0.0175. The summed E-state index contributed by atoms with van der Waals surface area (Å²) in [7, 11) is 0. The molecule has 1 heterocycles. The zero-order valence-corrected chi connectivity index (χ0v) is 11.4. The molecule has 2 rings (SSSR count). The van der Waals surface area contributed by atoms with Gasteiger partial charge in [0.15, 0.2) is 5.69 Å². The molecule has 0 saturated heterocycles. The number of nitrogens with one attached hydrogen (secondary N) is 1. The van der Waals surface area contributed by atoms with Crippen LogP contribution in [0.15, 0.2) is 17.5 Å². The van der Waals surface area contributed by atoms with Gasteiger partial charge in [-0.25, -0.2) is 9.78 Å². The summed E-state index contributed by atoms with van der Waals surface area (Å²) in [6, 6.07) is -0.254. The molecule has 19 heavy (non-hydrogen) atoms. The Morgan fingerprint density at radius 1 is 1.63 bits per heavy atom. The van der Waals surface area contributed by atoms with Crippen LogP contribution in [0.1, 0.15) is 47.7 Å². The molecule has 0 radical (unpaired) electrons. The Morgan fingerprint density at radius 2 is 2.42 bits per heavy atom. The fourth-order valence-corrected chi connectivity index (χ4v) is 2.85. The predicted octanol–water partition coefficient (Wildman–Crippen LogP) is 2.37. The zero-order valence-electron chi connectivity index (χ0n) is 10.6. The van der Waals surface area contributed by atoms with Crippen molar-refractivity contribution in [1.29, 1.82) is 0 Å². The Labute approximate surface area is 115 Å². The topological polar surface area (TPSA) is 79.3 Å². The first-order valence-electron chi connectivity index (χ1n) is 6.21. The number of carbonyl (C=O) groups excluding carboxylic acids is 1. The van der Waals surface area contributed by atoms with Crippen molar-refractivity contribution in [3.63, 3.8) is 0 Å². The molecule has 6 heteroatoms. The molecule has 5 nitrogen and oxygen atoms in total. The van der Waals surface area contributed by atoms with Crippen LogP contribution < -0.4 is 5.32 Å². The lowest BCUT2D eigenvalue weighted by atomic mass is 10.0. The van der Waals surface area contributed by atoms with E-state index in [1.807, 2.05) is 6.92 Å². The summed E-state index contributed by atoms with van der Waals surface area (Å²) in [5.74, 6) is -0.730. The van der Waals surface area contributed by atoms with Crippen LogP contribution in [0.3, 0.4) is 0 Å². The van der Waals surface area contributed by atoms with Crippen LogP contribution >= 0.6 is 11.3 Å². The molecule has 2 unspecified atom stereocenters. The second-order valence-corrected chi connectivity index (χ2v) is 5.52. The predicted molar refractivity (Wildman–Crippen MR) is 72.1 cm³/mol. The van der Waals surface area contributed by atoms with E-state index < -0.39 is 5.97 Å². The van der Waals surface area contributed by atoms with Gasteiger partial charge in [-0.15, -0.1) is 11.3 Å². The first-order valence-corrected chi connectivity index (χ1v) is 7.09. The lowest BCUT2D eigenvalue weighted by Gasteiger charge is -2.13. The molecule has 1 aromatic heterocycles. The normalized spacial score (nSPS) is 19.3. The van der Waals surface area contributed by atoms with Crippen LogP contribution in [-0.2, 0) is 4.79 Å². The number of allylic oxidation sites excluding steroid dienone is 2. The molecule has 1 aliphatic carbocycles. The summed E-state index contributed by atoms with van der Waals surface area (Å²) in [5, 5.41) is 13.8. The van der Waals surface area contributed by atoms with E-state index in [0.717, 1.165) is 12.8 Å². The number of aromatic nitrogens is 1.